The number of carbonyl (C=O) groups is 5. The third-order valence-electron chi connectivity index (χ3n) is 5.05. The molecule has 0 radical (unpaired) electrons. The van der Waals surface area contributed by atoms with E-state index in [0.29, 0.717) is 24.9 Å². The summed E-state index contributed by atoms with van der Waals surface area (Å²) in [7, 11) is 0. The van der Waals surface area contributed by atoms with Crippen LogP contribution in [0.3, 0.4) is 0 Å². The van der Waals surface area contributed by atoms with Crippen LogP contribution in [0.4, 0.5) is 0 Å². The molecule has 13 heteroatoms. The molecule has 1 aromatic rings. The number of carboxylic acid groups (broad SMARTS) is 2. The molecule has 194 valence electrons. The Morgan fingerprint density at radius 2 is 1.49 bits per heavy atom. The van der Waals surface area contributed by atoms with Crippen molar-refractivity contribution in [2.45, 2.75) is 63.2 Å². The lowest BCUT2D eigenvalue weighted by atomic mass is 10.0. The Bertz CT molecular complexity index is 892. The van der Waals surface area contributed by atoms with Gasteiger partial charge in [0.2, 0.25) is 17.7 Å². The van der Waals surface area contributed by atoms with Crippen molar-refractivity contribution in [1.29, 1.82) is 0 Å². The molecule has 0 aromatic heterocycles. The number of rotatable bonds is 15. The Morgan fingerprint density at radius 3 is 2.03 bits per heavy atom. The Morgan fingerprint density at radius 1 is 0.886 bits per heavy atom. The maximum Gasteiger partial charge on any atom is 0.326 e. The number of hydrogen-bond donors (Lipinski definition) is 8. The first-order valence-corrected chi connectivity index (χ1v) is 11.0. The average Bonchev–Trinajstić information content (AvgIpc) is 2.78. The first kappa shape index (κ1) is 29.3. The zero-order chi connectivity index (χ0) is 26.5. The number of hydrogen-bond acceptors (Lipinski definition) is 8. The smallest absolute Gasteiger partial charge is 0.326 e. The molecule has 0 fully saturated rings. The molecule has 0 aliphatic carbocycles. The summed E-state index contributed by atoms with van der Waals surface area (Å²) in [6, 6.07) is 0.912. The lowest BCUT2D eigenvalue weighted by molar-refractivity contribution is -0.142. The van der Waals surface area contributed by atoms with E-state index in [1.54, 1.807) is 0 Å². The van der Waals surface area contributed by atoms with Crippen molar-refractivity contribution < 1.29 is 39.3 Å². The summed E-state index contributed by atoms with van der Waals surface area (Å²) in [5.74, 6) is -4.91. The highest BCUT2D eigenvalue weighted by Crippen LogP contribution is 2.12. The molecule has 0 aliphatic rings. The van der Waals surface area contributed by atoms with Crippen molar-refractivity contribution >= 4 is 29.7 Å². The second-order valence-electron chi connectivity index (χ2n) is 8.05. The van der Waals surface area contributed by atoms with E-state index in [1.807, 2.05) is 0 Å². The largest absolute Gasteiger partial charge is 0.508 e. The number of nitrogens with one attached hydrogen (secondary N) is 3. The van der Waals surface area contributed by atoms with E-state index in [2.05, 4.69) is 16.0 Å². The quantitative estimate of drug-likeness (QED) is 0.130. The van der Waals surface area contributed by atoms with E-state index < -0.39 is 60.2 Å². The number of carbonyl (C=O) groups excluding carboxylic acids is 3. The van der Waals surface area contributed by atoms with Crippen LogP contribution in [0.15, 0.2) is 24.3 Å². The maximum atomic E-state index is 12.9. The molecule has 1 rings (SSSR count). The molecule has 1 aromatic carbocycles. The van der Waals surface area contributed by atoms with E-state index in [1.165, 1.54) is 31.2 Å². The van der Waals surface area contributed by atoms with Gasteiger partial charge in [0.05, 0.1) is 12.5 Å². The van der Waals surface area contributed by atoms with Crippen molar-refractivity contribution in [1.82, 2.24) is 16.0 Å². The van der Waals surface area contributed by atoms with Gasteiger partial charge in [-0.25, -0.2) is 4.79 Å². The summed E-state index contributed by atoms with van der Waals surface area (Å²) >= 11 is 0. The number of carboxylic acids is 2. The molecular weight excluding hydrogens is 462 g/mol. The second kappa shape index (κ2) is 14.5. The second-order valence-corrected chi connectivity index (χ2v) is 8.05. The minimum Gasteiger partial charge on any atom is -0.508 e. The fraction of sp³-hybridized carbons (Fsp3) is 0.500. The highest BCUT2D eigenvalue weighted by atomic mass is 16.4. The van der Waals surface area contributed by atoms with Gasteiger partial charge in [-0.3, -0.25) is 19.2 Å². The zero-order valence-electron chi connectivity index (χ0n) is 19.4. The van der Waals surface area contributed by atoms with Crippen LogP contribution in [0, 0.1) is 0 Å². The number of phenolic OH excluding ortho intramolecular Hbond substituents is 1. The summed E-state index contributed by atoms with van der Waals surface area (Å²) in [6.07, 6.45) is 0.530. The van der Waals surface area contributed by atoms with Crippen molar-refractivity contribution in [3.05, 3.63) is 29.8 Å². The van der Waals surface area contributed by atoms with Crippen molar-refractivity contribution in [2.75, 3.05) is 6.54 Å². The number of benzene rings is 1. The van der Waals surface area contributed by atoms with Crippen LogP contribution in [-0.4, -0.2) is 75.7 Å². The van der Waals surface area contributed by atoms with Gasteiger partial charge in [-0.2, -0.15) is 0 Å². The van der Waals surface area contributed by atoms with E-state index >= 15 is 0 Å². The summed E-state index contributed by atoms with van der Waals surface area (Å²) in [6.45, 7) is 1.70. The van der Waals surface area contributed by atoms with E-state index in [-0.39, 0.29) is 18.6 Å². The number of aliphatic carboxylic acids is 2. The van der Waals surface area contributed by atoms with Crippen LogP contribution in [0.5, 0.6) is 5.75 Å². The number of amides is 3. The molecule has 0 heterocycles. The van der Waals surface area contributed by atoms with Gasteiger partial charge in [0.1, 0.15) is 23.9 Å². The molecule has 35 heavy (non-hydrogen) atoms. The first-order chi connectivity index (χ1) is 16.4. The highest BCUT2D eigenvalue weighted by molar-refractivity contribution is 5.94. The van der Waals surface area contributed by atoms with Gasteiger partial charge in [0, 0.05) is 6.42 Å². The fourth-order valence-electron chi connectivity index (χ4n) is 3.06. The van der Waals surface area contributed by atoms with Gasteiger partial charge in [0.25, 0.3) is 0 Å². The Balaban J connectivity index is 2.96. The predicted molar refractivity (Wildman–Crippen MR) is 124 cm³/mol. The van der Waals surface area contributed by atoms with Gasteiger partial charge >= 0.3 is 11.9 Å². The van der Waals surface area contributed by atoms with Gasteiger partial charge in [-0.15, -0.1) is 0 Å². The normalized spacial score (nSPS) is 14.1. The molecular formula is C22H33N5O8. The summed E-state index contributed by atoms with van der Waals surface area (Å²) < 4.78 is 0. The third kappa shape index (κ3) is 10.8. The topological polar surface area (TPSA) is 234 Å². The monoisotopic (exact) mass is 495 g/mol. The zero-order valence-corrected chi connectivity index (χ0v) is 19.4. The maximum absolute atomic E-state index is 12.9. The minimum absolute atomic E-state index is 0.00123. The number of unbranched alkanes of at least 4 members (excludes halogenated alkanes) is 1. The van der Waals surface area contributed by atoms with Crippen LogP contribution in [0.1, 0.15) is 38.2 Å². The predicted octanol–water partition coefficient (Wildman–Crippen LogP) is -1.58. The van der Waals surface area contributed by atoms with Crippen molar-refractivity contribution in [3.8, 4) is 5.75 Å². The molecule has 0 bridgehead atoms. The highest BCUT2D eigenvalue weighted by Gasteiger charge is 2.29. The molecule has 13 nitrogen and oxygen atoms in total. The van der Waals surface area contributed by atoms with Crippen LogP contribution >= 0.6 is 0 Å². The van der Waals surface area contributed by atoms with Gasteiger partial charge < -0.3 is 42.7 Å². The lowest BCUT2D eigenvalue weighted by Gasteiger charge is -2.24. The molecule has 0 spiro atoms. The minimum atomic E-state index is -1.37. The Labute approximate surface area is 202 Å². The van der Waals surface area contributed by atoms with E-state index in [9.17, 15) is 34.2 Å². The molecule has 10 N–H and O–H groups in total. The van der Waals surface area contributed by atoms with Crippen LogP contribution in [-0.2, 0) is 30.4 Å². The van der Waals surface area contributed by atoms with Crippen LogP contribution < -0.4 is 27.4 Å². The van der Waals surface area contributed by atoms with Crippen LogP contribution in [0.25, 0.3) is 0 Å². The molecule has 0 unspecified atom stereocenters. The summed E-state index contributed by atoms with van der Waals surface area (Å²) in [4.78, 5) is 59.9. The summed E-state index contributed by atoms with van der Waals surface area (Å²) in [5.41, 5.74) is 11.5. The molecule has 3 amide bonds. The van der Waals surface area contributed by atoms with Crippen molar-refractivity contribution in [2.24, 2.45) is 11.5 Å². The average molecular weight is 496 g/mol. The lowest BCUT2D eigenvalue weighted by Crippen LogP contribution is -2.57. The van der Waals surface area contributed by atoms with Gasteiger partial charge in [-0.1, -0.05) is 12.1 Å². The van der Waals surface area contributed by atoms with Crippen molar-refractivity contribution in [3.63, 3.8) is 0 Å². The SMILES string of the molecule is C[C@H](NC(=O)[C@@H](N)CC(=O)O)C(=O)N[C@@H](Cc1ccc(O)cc1)C(=O)N[C@@H](CCCCN)C(=O)O. The van der Waals surface area contributed by atoms with Crippen LogP contribution in [0.2, 0.25) is 0 Å². The third-order valence-corrected chi connectivity index (χ3v) is 5.05. The Kier molecular flexibility index (Phi) is 12.2. The molecule has 0 saturated carbocycles. The molecule has 0 saturated heterocycles. The number of phenols is 1. The molecule has 4 atom stereocenters. The number of nitrogens with two attached hydrogens (primary N) is 2. The Hall–Kier alpha value is -3.71. The summed E-state index contributed by atoms with van der Waals surface area (Å²) in [5, 5.41) is 34.8. The van der Waals surface area contributed by atoms with Gasteiger partial charge in [-0.05, 0) is 50.4 Å². The van der Waals surface area contributed by atoms with E-state index in [4.69, 9.17) is 16.6 Å². The fourth-order valence-corrected chi connectivity index (χ4v) is 3.06. The number of aromatic hydroxyl groups is 1. The standard InChI is InChI=1S/C22H33N5O8/c1-12(25-20(32)15(24)11-18(29)30)19(31)27-17(10-13-5-7-14(28)8-6-13)21(33)26-16(22(34)35)4-2-3-9-23/h5-8,12,15-17,28H,2-4,9-11,23-24H2,1H3,(H,25,32)(H,26,33)(H,27,31)(H,29,30)(H,34,35)/t12-,15-,16-,17-/m0/s1. The van der Waals surface area contributed by atoms with Gasteiger partial charge in [0.15, 0.2) is 0 Å². The molecule has 0 aliphatic heterocycles. The van der Waals surface area contributed by atoms with E-state index in [0.717, 1.165) is 0 Å². The first-order valence-electron chi connectivity index (χ1n) is 11.0.